The molecule has 2 radical (unpaired) electrons. The third-order valence-electron chi connectivity index (χ3n) is 1.17. The van der Waals surface area contributed by atoms with Crippen LogP contribution in [-0.4, -0.2) is 32.0 Å². The van der Waals surface area contributed by atoms with E-state index in [2.05, 4.69) is 44.2 Å². The minimum absolute atomic E-state index is 1.15. The molecule has 0 saturated carbocycles. The minimum atomic E-state index is 1.15. The number of rotatable bonds is 1. The SMILES string of the molecule is [Se]/C=C(\[Se])c1ccccc1. The van der Waals surface area contributed by atoms with E-state index in [0.29, 0.717) is 0 Å². The van der Waals surface area contributed by atoms with Crippen LogP contribution in [-0.2, 0) is 0 Å². The summed E-state index contributed by atoms with van der Waals surface area (Å²) in [5, 5.41) is 0. The Labute approximate surface area is 77.3 Å². The van der Waals surface area contributed by atoms with Crippen molar-refractivity contribution in [2.24, 2.45) is 0 Å². The maximum absolute atomic E-state index is 2.97. The number of hydrogen-bond acceptors (Lipinski definition) is 0. The van der Waals surface area contributed by atoms with Crippen LogP contribution in [0.5, 0.6) is 0 Å². The van der Waals surface area contributed by atoms with E-state index in [-0.39, 0.29) is 0 Å². The van der Waals surface area contributed by atoms with E-state index >= 15 is 0 Å². The Morgan fingerprint density at radius 3 is 2.30 bits per heavy atom. The summed E-state index contributed by atoms with van der Waals surface area (Å²) in [6.45, 7) is 0. The molecule has 1 rings (SSSR count). The molecule has 0 N–H and O–H groups in total. The number of hydrogen-bond donors (Lipinski definition) is 0. The predicted octanol–water partition coefficient (Wildman–Crippen LogP) is 1.32. The molecule has 0 nitrogen and oxygen atoms in total. The van der Waals surface area contributed by atoms with E-state index in [0.717, 1.165) is 4.47 Å². The molecule has 0 saturated heterocycles. The summed E-state index contributed by atoms with van der Waals surface area (Å²) in [5.74, 6) is 0. The van der Waals surface area contributed by atoms with Gasteiger partial charge in [0, 0.05) is 0 Å². The van der Waals surface area contributed by atoms with E-state index in [4.69, 9.17) is 0 Å². The van der Waals surface area contributed by atoms with Crippen molar-refractivity contribution in [1.82, 2.24) is 0 Å². The van der Waals surface area contributed by atoms with Crippen LogP contribution in [0.15, 0.2) is 35.3 Å². The van der Waals surface area contributed by atoms with E-state index in [1.807, 2.05) is 23.2 Å². The second kappa shape index (κ2) is 4.00. The molecule has 1 aromatic carbocycles. The summed E-state index contributed by atoms with van der Waals surface area (Å²) in [6, 6.07) is 10.2. The summed E-state index contributed by atoms with van der Waals surface area (Å²) >= 11 is 5.82. The monoisotopic (exact) mass is 262 g/mol. The Balaban J connectivity index is 2.96. The van der Waals surface area contributed by atoms with Crippen molar-refractivity contribution in [3.05, 3.63) is 40.9 Å². The van der Waals surface area contributed by atoms with Gasteiger partial charge in [0.15, 0.2) is 0 Å². The van der Waals surface area contributed by atoms with Gasteiger partial charge in [0.05, 0.1) is 0 Å². The van der Waals surface area contributed by atoms with Crippen molar-refractivity contribution in [2.75, 3.05) is 0 Å². The van der Waals surface area contributed by atoms with E-state index in [1.54, 1.807) is 0 Å². The average molecular weight is 260 g/mol. The fourth-order valence-electron chi connectivity index (χ4n) is 0.670. The predicted molar refractivity (Wildman–Crippen MR) is 45.9 cm³/mol. The molecule has 0 aliphatic rings. The first kappa shape index (κ1) is 8.10. The van der Waals surface area contributed by atoms with Crippen LogP contribution in [0.3, 0.4) is 0 Å². The zero-order chi connectivity index (χ0) is 7.40. The van der Waals surface area contributed by atoms with Crippen LogP contribution in [0.25, 0.3) is 4.47 Å². The molecular weight excluding hydrogens is 254 g/mol. The summed E-state index contributed by atoms with van der Waals surface area (Å²) in [7, 11) is 0. The van der Waals surface area contributed by atoms with Gasteiger partial charge in [-0.05, 0) is 0 Å². The summed E-state index contributed by atoms with van der Waals surface area (Å²) in [5.41, 5.74) is 1.22. The van der Waals surface area contributed by atoms with Gasteiger partial charge in [0.25, 0.3) is 0 Å². The maximum atomic E-state index is 2.97. The Morgan fingerprint density at radius 2 is 1.80 bits per heavy atom. The molecule has 0 amide bonds. The first-order valence-electron chi connectivity index (χ1n) is 2.89. The topological polar surface area (TPSA) is 0 Å². The molecule has 0 aliphatic carbocycles. The van der Waals surface area contributed by atoms with Crippen LogP contribution in [0.1, 0.15) is 5.56 Å². The second-order valence-corrected chi connectivity index (χ2v) is 3.27. The van der Waals surface area contributed by atoms with Crippen LogP contribution < -0.4 is 0 Å². The summed E-state index contributed by atoms with van der Waals surface area (Å²) in [6.07, 6.45) is 0. The molecule has 0 unspecified atom stereocenters. The Morgan fingerprint density at radius 1 is 1.20 bits per heavy atom. The summed E-state index contributed by atoms with van der Waals surface area (Å²) < 4.78 is 1.15. The Kier molecular flexibility index (Phi) is 3.24. The average Bonchev–Trinajstić information content (AvgIpc) is 2.05. The van der Waals surface area contributed by atoms with Gasteiger partial charge >= 0.3 is 77.4 Å². The molecular formula is C8H6Se2. The van der Waals surface area contributed by atoms with Crippen molar-refractivity contribution in [3.63, 3.8) is 0 Å². The van der Waals surface area contributed by atoms with E-state index in [9.17, 15) is 0 Å². The van der Waals surface area contributed by atoms with Crippen molar-refractivity contribution in [2.45, 2.75) is 0 Å². The van der Waals surface area contributed by atoms with Gasteiger partial charge in [0.2, 0.25) is 0 Å². The zero-order valence-corrected chi connectivity index (χ0v) is 8.71. The first-order valence-corrected chi connectivity index (χ1v) is 4.73. The second-order valence-electron chi connectivity index (χ2n) is 1.85. The fraction of sp³-hybridized carbons (Fsp3) is 0. The third-order valence-corrected chi connectivity index (χ3v) is 3.16. The normalized spacial score (nSPS) is 11.4. The molecule has 0 fully saturated rings. The molecule has 1 aromatic rings. The first-order chi connectivity index (χ1) is 4.84. The van der Waals surface area contributed by atoms with Crippen LogP contribution in [0, 0.1) is 0 Å². The summed E-state index contributed by atoms with van der Waals surface area (Å²) in [4.78, 5) is 1.94. The van der Waals surface area contributed by atoms with E-state index < -0.39 is 0 Å². The molecule has 10 heavy (non-hydrogen) atoms. The van der Waals surface area contributed by atoms with Gasteiger partial charge in [-0.15, -0.1) is 0 Å². The molecule has 0 bridgehead atoms. The van der Waals surface area contributed by atoms with Gasteiger partial charge < -0.3 is 0 Å². The molecule has 0 heterocycles. The quantitative estimate of drug-likeness (QED) is 0.668. The van der Waals surface area contributed by atoms with Gasteiger partial charge in [-0.2, -0.15) is 0 Å². The molecule has 2 heteroatoms. The van der Waals surface area contributed by atoms with E-state index in [1.165, 1.54) is 5.56 Å². The number of benzene rings is 1. The third kappa shape index (κ3) is 2.00. The molecule has 0 aliphatic heterocycles. The van der Waals surface area contributed by atoms with Gasteiger partial charge in [0.1, 0.15) is 0 Å². The Bertz CT molecular complexity index is 226. The fourth-order valence-corrected chi connectivity index (χ4v) is 1.24. The van der Waals surface area contributed by atoms with Gasteiger partial charge in [-0.3, -0.25) is 0 Å². The van der Waals surface area contributed by atoms with Crippen molar-refractivity contribution < 1.29 is 0 Å². The van der Waals surface area contributed by atoms with Crippen LogP contribution >= 0.6 is 0 Å². The molecule has 50 valence electrons. The van der Waals surface area contributed by atoms with Crippen molar-refractivity contribution in [1.29, 1.82) is 0 Å². The van der Waals surface area contributed by atoms with Crippen LogP contribution in [0.4, 0.5) is 0 Å². The van der Waals surface area contributed by atoms with Gasteiger partial charge in [-0.25, -0.2) is 0 Å². The zero-order valence-electron chi connectivity index (χ0n) is 5.28. The molecule has 0 spiro atoms. The standard InChI is InChI=1S/C8H6Se2/c9-6-8(10)7-4-2-1-3-5-7/h1-6H/b8-6-. The molecule has 0 aromatic heterocycles. The Hall–Kier alpha value is -0.00104. The van der Waals surface area contributed by atoms with Crippen molar-refractivity contribution >= 4 is 36.5 Å². The van der Waals surface area contributed by atoms with Gasteiger partial charge in [-0.1, -0.05) is 0 Å². The van der Waals surface area contributed by atoms with Crippen LogP contribution in [0.2, 0.25) is 0 Å². The molecule has 0 atom stereocenters. The van der Waals surface area contributed by atoms with Crippen molar-refractivity contribution in [3.8, 4) is 0 Å².